The molecule has 0 saturated heterocycles. The highest BCUT2D eigenvalue weighted by atomic mass is 16.4. The molecule has 0 saturated carbocycles. The van der Waals surface area contributed by atoms with Gasteiger partial charge in [-0.05, 0) is 26.2 Å². The summed E-state index contributed by atoms with van der Waals surface area (Å²) in [6.07, 6.45) is 2.19. The Morgan fingerprint density at radius 3 is 2.16 bits per heavy atom. The number of nitrogens with one attached hydrogen (secondary N) is 1. The molecule has 0 rings (SSSR count). The van der Waals surface area contributed by atoms with Crippen molar-refractivity contribution in [3.05, 3.63) is 0 Å². The highest BCUT2D eigenvalue weighted by molar-refractivity contribution is 5.82. The van der Waals surface area contributed by atoms with Crippen LogP contribution in [-0.4, -0.2) is 40.6 Å². The lowest BCUT2D eigenvalue weighted by Gasteiger charge is -2.30. The van der Waals surface area contributed by atoms with Gasteiger partial charge in [-0.1, -0.05) is 33.6 Å². The first-order valence-electron chi connectivity index (χ1n) is 7.09. The Bertz CT molecular complexity index is 290. The number of hydrogen-bond donors (Lipinski definition) is 2. The summed E-state index contributed by atoms with van der Waals surface area (Å²) in [6.45, 7) is 10.6. The summed E-state index contributed by atoms with van der Waals surface area (Å²) in [4.78, 5) is 25.0. The van der Waals surface area contributed by atoms with Crippen LogP contribution in [-0.2, 0) is 4.79 Å². The van der Waals surface area contributed by atoms with Crippen LogP contribution in [0.5, 0.6) is 0 Å². The van der Waals surface area contributed by atoms with Crippen LogP contribution < -0.4 is 5.32 Å². The summed E-state index contributed by atoms with van der Waals surface area (Å²) in [6, 6.07) is -1.02. The Kier molecular flexibility index (Phi) is 8.19. The second-order valence-corrected chi connectivity index (χ2v) is 5.62. The Hall–Kier alpha value is -1.26. The van der Waals surface area contributed by atoms with E-state index in [1.54, 1.807) is 4.90 Å². The molecular weight excluding hydrogens is 244 g/mol. The molecule has 0 heterocycles. The van der Waals surface area contributed by atoms with E-state index in [4.69, 9.17) is 5.11 Å². The fourth-order valence-corrected chi connectivity index (χ4v) is 1.82. The molecule has 1 atom stereocenters. The number of carboxylic acids is 1. The molecule has 0 aliphatic heterocycles. The monoisotopic (exact) mass is 272 g/mol. The van der Waals surface area contributed by atoms with Crippen molar-refractivity contribution in [3.63, 3.8) is 0 Å². The molecule has 0 aliphatic rings. The molecule has 5 nitrogen and oxygen atoms in total. The maximum atomic E-state index is 12.1. The van der Waals surface area contributed by atoms with Gasteiger partial charge in [-0.15, -0.1) is 0 Å². The zero-order valence-electron chi connectivity index (χ0n) is 12.8. The highest BCUT2D eigenvalue weighted by Gasteiger charge is 2.24. The molecule has 2 N–H and O–H groups in total. The highest BCUT2D eigenvalue weighted by Crippen LogP contribution is 2.07. The van der Waals surface area contributed by atoms with Crippen LogP contribution in [0, 0.1) is 5.92 Å². The molecule has 0 aromatic rings. The third-order valence-electron chi connectivity index (χ3n) is 2.89. The van der Waals surface area contributed by atoms with Crippen LogP contribution in [0.1, 0.15) is 53.9 Å². The smallest absolute Gasteiger partial charge is 0.326 e. The minimum absolute atomic E-state index is 0.0584. The zero-order valence-corrected chi connectivity index (χ0v) is 12.8. The van der Waals surface area contributed by atoms with Crippen LogP contribution in [0.25, 0.3) is 0 Å². The first kappa shape index (κ1) is 17.7. The predicted octanol–water partition coefficient (Wildman–Crippen LogP) is 2.71. The molecule has 5 heteroatoms. The number of urea groups is 1. The molecule has 0 unspecified atom stereocenters. The Labute approximate surface area is 116 Å². The fraction of sp³-hybridized carbons (Fsp3) is 0.857. The summed E-state index contributed by atoms with van der Waals surface area (Å²) in [7, 11) is 0. The van der Waals surface area contributed by atoms with Gasteiger partial charge in [-0.3, -0.25) is 0 Å². The van der Waals surface area contributed by atoms with Gasteiger partial charge in [0.1, 0.15) is 6.04 Å². The van der Waals surface area contributed by atoms with E-state index in [9.17, 15) is 9.59 Å². The average Bonchev–Trinajstić information content (AvgIpc) is 2.30. The summed E-state index contributed by atoms with van der Waals surface area (Å²) in [5.74, 6) is -0.609. The second-order valence-electron chi connectivity index (χ2n) is 5.62. The number of hydrogen-bond acceptors (Lipinski definition) is 2. The Morgan fingerprint density at radius 1 is 1.21 bits per heavy atom. The van der Waals surface area contributed by atoms with E-state index in [1.807, 2.05) is 34.6 Å². The summed E-state index contributed by atoms with van der Waals surface area (Å²) in [5, 5.41) is 11.7. The van der Waals surface area contributed by atoms with Crippen molar-refractivity contribution in [2.45, 2.75) is 66.0 Å². The normalized spacial score (nSPS) is 12.6. The lowest BCUT2D eigenvalue weighted by Crippen LogP contribution is -2.51. The molecule has 0 aliphatic carbocycles. The lowest BCUT2D eigenvalue weighted by molar-refractivity contribution is -0.139. The van der Waals surface area contributed by atoms with E-state index in [0.29, 0.717) is 18.9 Å². The Balaban J connectivity index is 4.61. The maximum absolute atomic E-state index is 12.1. The number of aliphatic carboxylic acids is 1. The average molecular weight is 272 g/mol. The van der Waals surface area contributed by atoms with Gasteiger partial charge in [0.05, 0.1) is 0 Å². The van der Waals surface area contributed by atoms with Crippen molar-refractivity contribution >= 4 is 12.0 Å². The summed E-state index contributed by atoms with van der Waals surface area (Å²) < 4.78 is 0. The molecule has 19 heavy (non-hydrogen) atoms. The molecule has 0 spiro atoms. The number of unbranched alkanes of at least 4 members (excludes halogenated alkanes) is 1. The molecular formula is C14H28N2O3. The molecule has 0 fully saturated rings. The fourth-order valence-electron chi connectivity index (χ4n) is 1.82. The minimum Gasteiger partial charge on any atom is -0.480 e. The molecule has 2 amide bonds. The molecule has 112 valence electrons. The van der Waals surface area contributed by atoms with Crippen molar-refractivity contribution in [1.82, 2.24) is 10.2 Å². The number of rotatable bonds is 8. The van der Waals surface area contributed by atoms with Gasteiger partial charge in [0, 0.05) is 12.6 Å². The van der Waals surface area contributed by atoms with Crippen LogP contribution in [0.15, 0.2) is 0 Å². The third-order valence-corrected chi connectivity index (χ3v) is 2.89. The lowest BCUT2D eigenvalue weighted by atomic mass is 10.1. The van der Waals surface area contributed by atoms with E-state index >= 15 is 0 Å². The first-order chi connectivity index (χ1) is 8.79. The van der Waals surface area contributed by atoms with Gasteiger partial charge in [0.25, 0.3) is 0 Å². The van der Waals surface area contributed by atoms with E-state index in [-0.39, 0.29) is 12.1 Å². The van der Waals surface area contributed by atoms with E-state index in [2.05, 4.69) is 5.32 Å². The van der Waals surface area contributed by atoms with Crippen LogP contribution in [0.3, 0.4) is 0 Å². The van der Waals surface area contributed by atoms with Crippen molar-refractivity contribution in [2.24, 2.45) is 5.92 Å². The van der Waals surface area contributed by atoms with E-state index < -0.39 is 12.0 Å². The molecule has 0 bridgehead atoms. The number of carbonyl (C=O) groups excluding carboxylic acids is 1. The first-order valence-corrected chi connectivity index (χ1v) is 7.09. The molecule has 0 radical (unpaired) electrons. The van der Waals surface area contributed by atoms with Crippen LogP contribution in [0.2, 0.25) is 0 Å². The number of amides is 2. The topological polar surface area (TPSA) is 69.6 Å². The van der Waals surface area contributed by atoms with E-state index in [1.165, 1.54) is 0 Å². The van der Waals surface area contributed by atoms with Gasteiger partial charge in [-0.2, -0.15) is 0 Å². The van der Waals surface area contributed by atoms with Gasteiger partial charge in [-0.25, -0.2) is 9.59 Å². The molecule has 0 aromatic carbocycles. The van der Waals surface area contributed by atoms with Crippen molar-refractivity contribution in [1.29, 1.82) is 0 Å². The largest absolute Gasteiger partial charge is 0.480 e. The van der Waals surface area contributed by atoms with Gasteiger partial charge in [0.2, 0.25) is 0 Å². The zero-order chi connectivity index (χ0) is 15.0. The van der Waals surface area contributed by atoms with Crippen molar-refractivity contribution in [3.8, 4) is 0 Å². The summed E-state index contributed by atoms with van der Waals surface area (Å²) >= 11 is 0. The van der Waals surface area contributed by atoms with Gasteiger partial charge < -0.3 is 15.3 Å². The number of carbonyl (C=O) groups is 2. The van der Waals surface area contributed by atoms with Crippen LogP contribution >= 0.6 is 0 Å². The second kappa shape index (κ2) is 8.77. The number of nitrogens with zero attached hydrogens (tertiary/aromatic N) is 1. The van der Waals surface area contributed by atoms with Gasteiger partial charge in [0.15, 0.2) is 0 Å². The Morgan fingerprint density at radius 2 is 1.79 bits per heavy atom. The standard InChI is InChI=1S/C14H28N2O3/c1-6-7-8-12(13(17)18)15-14(19)16(11(4)5)9-10(2)3/h10-12H,6-9H2,1-5H3,(H,15,19)(H,17,18)/t12-/m0/s1. The molecule has 0 aromatic heterocycles. The quantitative estimate of drug-likeness (QED) is 0.713. The number of carboxylic acid groups (broad SMARTS) is 1. The van der Waals surface area contributed by atoms with Crippen LogP contribution in [0.4, 0.5) is 4.79 Å². The third kappa shape index (κ3) is 7.03. The van der Waals surface area contributed by atoms with Gasteiger partial charge >= 0.3 is 12.0 Å². The SMILES string of the molecule is CCCC[C@H](NC(=O)N(CC(C)C)C(C)C)C(=O)O. The van der Waals surface area contributed by atoms with Crippen molar-refractivity contribution < 1.29 is 14.7 Å². The van der Waals surface area contributed by atoms with E-state index in [0.717, 1.165) is 12.8 Å². The maximum Gasteiger partial charge on any atom is 0.326 e. The van der Waals surface area contributed by atoms with Crippen molar-refractivity contribution in [2.75, 3.05) is 6.54 Å². The predicted molar refractivity (Wildman–Crippen MR) is 76.2 cm³/mol. The minimum atomic E-state index is -0.963. The summed E-state index contributed by atoms with van der Waals surface area (Å²) in [5.41, 5.74) is 0.